The first-order chi connectivity index (χ1) is 5.79. The van der Waals surface area contributed by atoms with Crippen molar-refractivity contribution >= 4 is 5.97 Å². The minimum absolute atomic E-state index is 0.230. The van der Waals surface area contributed by atoms with E-state index >= 15 is 0 Å². The number of aliphatic carboxylic acids is 1. The average Bonchev–Trinajstić information content (AvgIpc) is 2.87. The predicted molar refractivity (Wildman–Crippen MR) is 42.8 cm³/mol. The molecule has 1 N–H and O–H groups in total. The molecule has 3 nitrogen and oxygen atoms in total. The van der Waals surface area contributed by atoms with Crippen LogP contribution in [0.15, 0.2) is 0 Å². The van der Waals surface area contributed by atoms with Crippen molar-refractivity contribution in [3.63, 3.8) is 0 Å². The lowest BCUT2D eigenvalue weighted by molar-refractivity contribution is -0.150. The Balaban J connectivity index is 2.00. The Hall–Kier alpha value is -0.570. The van der Waals surface area contributed by atoms with Gasteiger partial charge in [-0.25, -0.2) is 0 Å². The van der Waals surface area contributed by atoms with Crippen molar-refractivity contribution in [3.05, 3.63) is 0 Å². The average molecular weight is 170 g/mol. The summed E-state index contributed by atoms with van der Waals surface area (Å²) >= 11 is 0. The largest absolute Gasteiger partial charge is 0.481 e. The molecule has 1 saturated heterocycles. The fourth-order valence-corrected chi connectivity index (χ4v) is 2.10. The maximum absolute atomic E-state index is 10.8. The highest BCUT2D eigenvalue weighted by Crippen LogP contribution is 2.43. The third-order valence-electron chi connectivity index (χ3n) is 2.95. The molecule has 1 saturated carbocycles. The number of ether oxygens (including phenoxy) is 1. The zero-order valence-corrected chi connectivity index (χ0v) is 7.03. The number of rotatable bonds is 2. The molecule has 68 valence electrons. The van der Waals surface area contributed by atoms with E-state index in [1.807, 2.05) is 0 Å². The van der Waals surface area contributed by atoms with E-state index in [1.165, 1.54) is 12.8 Å². The third-order valence-corrected chi connectivity index (χ3v) is 2.95. The minimum Gasteiger partial charge on any atom is -0.481 e. The molecule has 0 aromatic rings. The summed E-state index contributed by atoms with van der Waals surface area (Å²) in [6, 6.07) is 0. The maximum Gasteiger partial charge on any atom is 0.309 e. The summed E-state index contributed by atoms with van der Waals surface area (Å²) in [5, 5.41) is 8.91. The van der Waals surface area contributed by atoms with Crippen LogP contribution in [0.4, 0.5) is 0 Å². The molecule has 1 aliphatic heterocycles. The predicted octanol–water partition coefficient (Wildman–Crippen LogP) is 1.13. The monoisotopic (exact) mass is 170 g/mol. The Bertz CT molecular complexity index is 186. The highest BCUT2D eigenvalue weighted by atomic mass is 16.5. The number of carboxylic acid groups (broad SMARTS) is 1. The Labute approximate surface area is 71.7 Å². The summed E-state index contributed by atoms with van der Waals surface area (Å²) < 4.78 is 5.17. The van der Waals surface area contributed by atoms with Crippen molar-refractivity contribution in [1.82, 2.24) is 0 Å². The van der Waals surface area contributed by atoms with Gasteiger partial charge in [0.2, 0.25) is 0 Å². The minimum atomic E-state index is -0.674. The molecule has 1 aliphatic carbocycles. The lowest BCUT2D eigenvalue weighted by Gasteiger charge is -2.28. The number of hydrogen-bond acceptors (Lipinski definition) is 2. The van der Waals surface area contributed by atoms with E-state index in [9.17, 15) is 4.79 Å². The van der Waals surface area contributed by atoms with Crippen LogP contribution in [0, 0.1) is 17.8 Å². The number of carboxylic acids is 1. The topological polar surface area (TPSA) is 46.5 Å². The van der Waals surface area contributed by atoms with Crippen LogP contribution in [0.25, 0.3) is 0 Å². The van der Waals surface area contributed by atoms with Gasteiger partial charge in [-0.3, -0.25) is 4.79 Å². The first-order valence-corrected chi connectivity index (χ1v) is 4.59. The summed E-state index contributed by atoms with van der Waals surface area (Å²) in [7, 11) is 0. The van der Waals surface area contributed by atoms with Crippen molar-refractivity contribution in [3.8, 4) is 0 Å². The maximum atomic E-state index is 10.8. The number of hydrogen-bond donors (Lipinski definition) is 1. The number of carbonyl (C=O) groups is 1. The smallest absolute Gasteiger partial charge is 0.309 e. The molecule has 3 heteroatoms. The molecule has 0 bridgehead atoms. The van der Waals surface area contributed by atoms with E-state index in [2.05, 4.69) is 0 Å². The van der Waals surface area contributed by atoms with E-state index in [0.29, 0.717) is 18.4 Å². The summed E-state index contributed by atoms with van der Waals surface area (Å²) in [5.41, 5.74) is 0. The van der Waals surface area contributed by atoms with Gasteiger partial charge in [0.15, 0.2) is 0 Å². The van der Waals surface area contributed by atoms with Gasteiger partial charge < -0.3 is 9.84 Å². The summed E-state index contributed by atoms with van der Waals surface area (Å²) in [4.78, 5) is 10.8. The molecule has 0 radical (unpaired) electrons. The van der Waals surface area contributed by atoms with E-state index in [1.54, 1.807) is 0 Å². The van der Waals surface area contributed by atoms with Gasteiger partial charge in [-0.05, 0) is 31.1 Å². The van der Waals surface area contributed by atoms with Gasteiger partial charge in [-0.2, -0.15) is 0 Å². The molecule has 0 aromatic heterocycles. The standard InChI is InChI=1S/C9H14O3/c10-9(11)8-5-12-4-3-7(8)6-1-2-6/h6-8H,1-5H2,(H,10,11). The van der Waals surface area contributed by atoms with Gasteiger partial charge in [-0.15, -0.1) is 0 Å². The van der Waals surface area contributed by atoms with Gasteiger partial charge in [0, 0.05) is 6.61 Å². The molecular weight excluding hydrogens is 156 g/mol. The van der Waals surface area contributed by atoms with E-state index < -0.39 is 5.97 Å². The summed E-state index contributed by atoms with van der Waals surface area (Å²) in [6.07, 6.45) is 3.41. The molecule has 0 amide bonds. The molecule has 2 atom stereocenters. The zero-order valence-electron chi connectivity index (χ0n) is 7.03. The Morgan fingerprint density at radius 2 is 2.08 bits per heavy atom. The first kappa shape index (κ1) is 8.05. The van der Waals surface area contributed by atoms with Crippen LogP contribution in [0.5, 0.6) is 0 Å². The van der Waals surface area contributed by atoms with Crippen molar-refractivity contribution in [2.24, 2.45) is 17.8 Å². The zero-order chi connectivity index (χ0) is 8.55. The van der Waals surface area contributed by atoms with Crippen LogP contribution in [-0.4, -0.2) is 24.3 Å². The van der Waals surface area contributed by atoms with Gasteiger partial charge in [-0.1, -0.05) is 0 Å². The van der Waals surface area contributed by atoms with E-state index in [0.717, 1.165) is 13.0 Å². The lowest BCUT2D eigenvalue weighted by Crippen LogP contribution is -2.34. The Morgan fingerprint density at radius 1 is 1.33 bits per heavy atom. The van der Waals surface area contributed by atoms with Gasteiger partial charge >= 0.3 is 5.97 Å². The Kier molecular flexibility index (Phi) is 2.05. The molecule has 2 rings (SSSR count). The van der Waals surface area contributed by atoms with Crippen LogP contribution in [0.3, 0.4) is 0 Å². The first-order valence-electron chi connectivity index (χ1n) is 4.59. The van der Waals surface area contributed by atoms with Gasteiger partial charge in [0.05, 0.1) is 12.5 Å². The van der Waals surface area contributed by atoms with Crippen molar-refractivity contribution in [2.45, 2.75) is 19.3 Å². The second-order valence-electron chi connectivity index (χ2n) is 3.81. The van der Waals surface area contributed by atoms with Crippen LogP contribution < -0.4 is 0 Å². The second kappa shape index (κ2) is 3.05. The van der Waals surface area contributed by atoms with Crippen LogP contribution in [0.2, 0.25) is 0 Å². The van der Waals surface area contributed by atoms with Gasteiger partial charge in [0.1, 0.15) is 0 Å². The summed E-state index contributed by atoms with van der Waals surface area (Å²) in [5.74, 6) is 0.184. The van der Waals surface area contributed by atoms with E-state index in [-0.39, 0.29) is 5.92 Å². The van der Waals surface area contributed by atoms with Crippen LogP contribution in [0.1, 0.15) is 19.3 Å². The van der Waals surface area contributed by atoms with Crippen LogP contribution in [-0.2, 0) is 9.53 Å². The van der Waals surface area contributed by atoms with Gasteiger partial charge in [0.25, 0.3) is 0 Å². The fraction of sp³-hybridized carbons (Fsp3) is 0.889. The lowest BCUT2D eigenvalue weighted by atomic mass is 9.84. The summed E-state index contributed by atoms with van der Waals surface area (Å²) in [6.45, 7) is 1.18. The van der Waals surface area contributed by atoms with Crippen molar-refractivity contribution in [2.75, 3.05) is 13.2 Å². The molecule has 1 heterocycles. The fourth-order valence-electron chi connectivity index (χ4n) is 2.10. The van der Waals surface area contributed by atoms with Crippen LogP contribution >= 0.6 is 0 Å². The molecule has 2 unspecified atom stereocenters. The second-order valence-corrected chi connectivity index (χ2v) is 3.81. The Morgan fingerprint density at radius 3 is 2.67 bits per heavy atom. The molecule has 0 spiro atoms. The molecule has 2 fully saturated rings. The molecular formula is C9H14O3. The van der Waals surface area contributed by atoms with E-state index in [4.69, 9.17) is 9.84 Å². The highest BCUT2D eigenvalue weighted by molar-refractivity contribution is 5.70. The highest BCUT2D eigenvalue weighted by Gasteiger charge is 2.41. The SMILES string of the molecule is O=C(O)C1COCCC1C1CC1. The third kappa shape index (κ3) is 1.46. The quantitative estimate of drug-likeness (QED) is 0.675. The van der Waals surface area contributed by atoms with Crippen molar-refractivity contribution < 1.29 is 14.6 Å². The van der Waals surface area contributed by atoms with Crippen molar-refractivity contribution in [1.29, 1.82) is 0 Å². The molecule has 2 aliphatic rings. The molecule has 12 heavy (non-hydrogen) atoms. The molecule has 0 aromatic carbocycles. The normalized spacial score (nSPS) is 36.3.